The molecule has 0 aliphatic carbocycles. The van der Waals surface area contributed by atoms with Crippen molar-refractivity contribution in [3.05, 3.63) is 0 Å². The fourth-order valence-corrected chi connectivity index (χ4v) is 0.778. The lowest BCUT2D eigenvalue weighted by Crippen LogP contribution is -2.11. The molecule has 0 unspecified atom stereocenters. The van der Waals surface area contributed by atoms with Crippen molar-refractivity contribution in [2.45, 2.75) is 19.8 Å². The van der Waals surface area contributed by atoms with Gasteiger partial charge in [0.2, 0.25) is 0 Å². The van der Waals surface area contributed by atoms with Gasteiger partial charge < -0.3 is 4.74 Å². The van der Waals surface area contributed by atoms with Crippen LogP contribution in [0.15, 0.2) is 0 Å². The van der Waals surface area contributed by atoms with Gasteiger partial charge in [-0.05, 0) is 6.92 Å². The minimum Gasteiger partial charge on any atom is -0.466 e. The first-order valence-electron chi connectivity index (χ1n) is 3.44. The highest BCUT2D eigenvalue weighted by molar-refractivity contribution is 6.19. The predicted octanol–water partition coefficient (Wildman–Crippen LogP) is 1.14. The first-order valence-corrected chi connectivity index (χ1v) is 3.97. The zero-order chi connectivity index (χ0) is 8.69. The van der Waals surface area contributed by atoms with Crippen LogP contribution in [-0.2, 0) is 14.3 Å². The third-order valence-electron chi connectivity index (χ3n) is 1.02. The molecule has 0 heterocycles. The lowest BCUT2D eigenvalue weighted by molar-refractivity contribution is -0.145. The number of carbonyl (C=O) groups excluding carboxylic acids is 2. The fraction of sp³-hybridized carbons (Fsp3) is 0.714. The van der Waals surface area contributed by atoms with Crippen LogP contribution in [0.5, 0.6) is 0 Å². The Morgan fingerprint density at radius 2 is 2.09 bits per heavy atom. The van der Waals surface area contributed by atoms with Crippen LogP contribution in [-0.4, -0.2) is 24.2 Å². The molecule has 0 N–H and O–H groups in total. The molecular formula is C7H11ClO3. The highest BCUT2D eigenvalue weighted by atomic mass is 35.5. The monoisotopic (exact) mass is 178 g/mol. The van der Waals surface area contributed by atoms with E-state index in [2.05, 4.69) is 4.74 Å². The predicted molar refractivity (Wildman–Crippen MR) is 41.6 cm³/mol. The molecule has 0 aliphatic rings. The number of carbonyl (C=O) groups is 2. The lowest BCUT2D eigenvalue weighted by atomic mass is 10.2. The zero-order valence-electron chi connectivity index (χ0n) is 6.43. The average molecular weight is 179 g/mol. The Morgan fingerprint density at radius 1 is 1.45 bits per heavy atom. The number of rotatable bonds is 5. The summed E-state index contributed by atoms with van der Waals surface area (Å²) in [5.74, 6) is -0.376. The van der Waals surface area contributed by atoms with E-state index in [4.69, 9.17) is 11.6 Å². The second-order valence-electron chi connectivity index (χ2n) is 1.96. The Hall–Kier alpha value is -0.570. The van der Waals surface area contributed by atoms with E-state index >= 15 is 0 Å². The van der Waals surface area contributed by atoms with Gasteiger partial charge in [-0.25, -0.2) is 0 Å². The number of esters is 1. The summed E-state index contributed by atoms with van der Waals surface area (Å²) in [5, 5.41) is 0. The van der Waals surface area contributed by atoms with E-state index in [0.717, 1.165) is 0 Å². The van der Waals surface area contributed by atoms with Gasteiger partial charge in [0.15, 0.2) is 0 Å². The number of hydrogen-bond donors (Lipinski definition) is 0. The van der Waals surface area contributed by atoms with Gasteiger partial charge in [-0.3, -0.25) is 9.59 Å². The first kappa shape index (κ1) is 10.4. The van der Waals surface area contributed by atoms with E-state index < -0.39 is 5.97 Å². The molecule has 4 heteroatoms. The maximum Gasteiger partial charge on any atom is 0.313 e. The molecule has 0 radical (unpaired) electrons. The summed E-state index contributed by atoms with van der Waals surface area (Å²) in [6.45, 7) is 2.01. The second-order valence-corrected chi connectivity index (χ2v) is 2.34. The number of Topliss-reactive ketones (excluding diaryl/α,β-unsaturated/α-hetero) is 1. The van der Waals surface area contributed by atoms with Gasteiger partial charge in [0, 0.05) is 12.3 Å². The number of hydrogen-bond acceptors (Lipinski definition) is 3. The second kappa shape index (κ2) is 6.16. The van der Waals surface area contributed by atoms with Gasteiger partial charge >= 0.3 is 5.97 Å². The number of ketones is 1. The Kier molecular flexibility index (Phi) is 5.84. The molecule has 0 spiro atoms. The van der Waals surface area contributed by atoms with Crippen LogP contribution >= 0.6 is 11.6 Å². The Morgan fingerprint density at radius 3 is 2.55 bits per heavy atom. The van der Waals surface area contributed by atoms with Gasteiger partial charge in [0.25, 0.3) is 0 Å². The number of ether oxygens (including phenoxy) is 1. The van der Waals surface area contributed by atoms with Crippen molar-refractivity contribution in [1.29, 1.82) is 0 Å². The summed E-state index contributed by atoms with van der Waals surface area (Å²) in [7, 11) is 0. The van der Waals surface area contributed by atoms with Crippen LogP contribution in [0.2, 0.25) is 0 Å². The van der Waals surface area contributed by atoms with Crippen LogP contribution < -0.4 is 0 Å². The largest absolute Gasteiger partial charge is 0.466 e. The van der Waals surface area contributed by atoms with Crippen LogP contribution in [0, 0.1) is 0 Å². The molecule has 0 atom stereocenters. The minimum atomic E-state index is -0.470. The zero-order valence-corrected chi connectivity index (χ0v) is 7.19. The first-order chi connectivity index (χ1) is 5.20. The number of halogens is 1. The molecule has 0 aliphatic heterocycles. The Bertz CT molecular complexity index is 129. The molecule has 0 rings (SSSR count). The summed E-state index contributed by atoms with van der Waals surface area (Å²) >= 11 is 5.28. The summed E-state index contributed by atoms with van der Waals surface area (Å²) in [5.41, 5.74) is 0. The quantitative estimate of drug-likeness (QED) is 0.360. The standard InChI is InChI=1S/C7H11ClO3/c1-2-11-7(10)5-6(9)3-4-8/h2-5H2,1H3. The highest BCUT2D eigenvalue weighted by Gasteiger charge is 2.08. The summed E-state index contributed by atoms with van der Waals surface area (Å²) in [6.07, 6.45) is 0.0843. The van der Waals surface area contributed by atoms with E-state index in [9.17, 15) is 9.59 Å². The Balaban J connectivity index is 3.49. The fourth-order valence-electron chi connectivity index (χ4n) is 0.567. The molecule has 0 aromatic rings. The van der Waals surface area contributed by atoms with Gasteiger partial charge in [-0.15, -0.1) is 11.6 Å². The van der Waals surface area contributed by atoms with Crippen molar-refractivity contribution < 1.29 is 14.3 Å². The maximum atomic E-state index is 10.7. The van der Waals surface area contributed by atoms with Gasteiger partial charge in [-0.1, -0.05) is 0 Å². The molecule has 0 amide bonds. The third-order valence-corrected chi connectivity index (χ3v) is 1.21. The van der Waals surface area contributed by atoms with Gasteiger partial charge in [-0.2, -0.15) is 0 Å². The summed E-state index contributed by atoms with van der Waals surface area (Å²) in [4.78, 5) is 21.4. The van der Waals surface area contributed by atoms with E-state index in [0.29, 0.717) is 6.61 Å². The summed E-state index contributed by atoms with van der Waals surface area (Å²) in [6, 6.07) is 0. The van der Waals surface area contributed by atoms with Crippen molar-refractivity contribution >= 4 is 23.4 Å². The van der Waals surface area contributed by atoms with Gasteiger partial charge in [0.05, 0.1) is 6.61 Å². The van der Waals surface area contributed by atoms with Crippen LogP contribution in [0.25, 0.3) is 0 Å². The van der Waals surface area contributed by atoms with Crippen LogP contribution in [0.1, 0.15) is 19.8 Å². The summed E-state index contributed by atoms with van der Waals surface area (Å²) < 4.78 is 4.56. The smallest absolute Gasteiger partial charge is 0.313 e. The van der Waals surface area contributed by atoms with Gasteiger partial charge in [0.1, 0.15) is 12.2 Å². The molecule has 0 bridgehead atoms. The molecule has 0 fully saturated rings. The van der Waals surface area contributed by atoms with E-state index in [1.54, 1.807) is 6.92 Å². The van der Waals surface area contributed by atoms with Crippen molar-refractivity contribution in [3.63, 3.8) is 0 Å². The normalized spacial score (nSPS) is 9.27. The van der Waals surface area contributed by atoms with Crippen LogP contribution in [0.4, 0.5) is 0 Å². The highest BCUT2D eigenvalue weighted by Crippen LogP contribution is 1.94. The molecule has 0 saturated carbocycles. The molecule has 0 saturated heterocycles. The molecule has 11 heavy (non-hydrogen) atoms. The molecule has 0 aromatic heterocycles. The topological polar surface area (TPSA) is 43.4 Å². The SMILES string of the molecule is CCOC(=O)CC(=O)CCCl. The molecule has 64 valence electrons. The lowest BCUT2D eigenvalue weighted by Gasteiger charge is -1.98. The van der Waals surface area contributed by atoms with Crippen molar-refractivity contribution in [3.8, 4) is 0 Å². The average Bonchev–Trinajstić information content (AvgIpc) is 1.87. The molecule has 3 nitrogen and oxygen atoms in total. The van der Waals surface area contributed by atoms with Crippen molar-refractivity contribution in [1.82, 2.24) is 0 Å². The molecular weight excluding hydrogens is 168 g/mol. The molecule has 0 aromatic carbocycles. The van der Waals surface area contributed by atoms with Crippen LogP contribution in [0.3, 0.4) is 0 Å². The van der Waals surface area contributed by atoms with Crippen molar-refractivity contribution in [2.75, 3.05) is 12.5 Å². The van der Waals surface area contributed by atoms with Crippen molar-refractivity contribution in [2.24, 2.45) is 0 Å². The third kappa shape index (κ3) is 5.85. The Labute approximate surface area is 70.7 Å². The maximum absolute atomic E-state index is 10.7. The van der Waals surface area contributed by atoms with E-state index in [1.165, 1.54) is 0 Å². The minimum absolute atomic E-state index is 0.152. The van der Waals surface area contributed by atoms with E-state index in [-0.39, 0.29) is 24.5 Å². The van der Waals surface area contributed by atoms with E-state index in [1.807, 2.05) is 0 Å². The number of alkyl halides is 1.